The molecule has 5 N–H and O–H groups in total. The van der Waals surface area contributed by atoms with Crippen LogP contribution < -0.4 is 11.1 Å². The van der Waals surface area contributed by atoms with E-state index in [4.69, 9.17) is 5.73 Å². The highest BCUT2D eigenvalue weighted by Crippen LogP contribution is 2.35. The molecule has 2 aromatic rings. The number of fused-ring (bicyclic) bond motifs is 1. The number of nitrogens with zero attached hydrogens (tertiary/aromatic N) is 2. The Labute approximate surface area is 98.3 Å². The molecule has 1 fully saturated rings. The minimum Gasteiger partial charge on any atom is -0.394 e. The number of nitrogen functional groups attached to an aromatic ring is 1. The highest BCUT2D eigenvalue weighted by molar-refractivity contribution is 5.86. The summed E-state index contributed by atoms with van der Waals surface area (Å²) >= 11 is 0. The van der Waals surface area contributed by atoms with Crippen LogP contribution in [0.2, 0.25) is 0 Å². The van der Waals surface area contributed by atoms with Gasteiger partial charge in [-0.1, -0.05) is 0 Å². The van der Waals surface area contributed by atoms with Crippen LogP contribution in [0.1, 0.15) is 18.4 Å². The number of aliphatic hydroxyl groups is 1. The summed E-state index contributed by atoms with van der Waals surface area (Å²) in [7, 11) is 0. The number of nitrogens with two attached hydrogens (primary N) is 1. The van der Waals surface area contributed by atoms with Crippen molar-refractivity contribution in [3.8, 4) is 0 Å². The van der Waals surface area contributed by atoms with Crippen molar-refractivity contribution >= 4 is 16.9 Å². The van der Waals surface area contributed by atoms with E-state index in [1.165, 1.54) is 6.33 Å². The van der Waals surface area contributed by atoms with Crippen molar-refractivity contribution < 1.29 is 5.11 Å². The summed E-state index contributed by atoms with van der Waals surface area (Å²) in [5, 5.41) is 12.6. The van der Waals surface area contributed by atoms with Gasteiger partial charge in [0.15, 0.2) is 5.82 Å². The fourth-order valence-corrected chi connectivity index (χ4v) is 1.97. The molecule has 0 aliphatic heterocycles. The number of aromatic amines is 1. The summed E-state index contributed by atoms with van der Waals surface area (Å²) in [6.45, 7) is 0.865. The van der Waals surface area contributed by atoms with E-state index in [2.05, 4.69) is 20.3 Å². The summed E-state index contributed by atoms with van der Waals surface area (Å²) in [4.78, 5) is 11.2. The maximum absolute atomic E-state index is 9.23. The van der Waals surface area contributed by atoms with Crippen molar-refractivity contribution in [2.45, 2.75) is 24.9 Å². The van der Waals surface area contributed by atoms with E-state index in [-0.39, 0.29) is 12.1 Å². The molecule has 90 valence electrons. The molecule has 1 aliphatic carbocycles. The van der Waals surface area contributed by atoms with Crippen LogP contribution in [0, 0.1) is 0 Å². The number of hydrogen-bond donors (Lipinski definition) is 4. The molecule has 0 atom stereocenters. The van der Waals surface area contributed by atoms with E-state index in [1.807, 2.05) is 6.20 Å². The van der Waals surface area contributed by atoms with Gasteiger partial charge in [0.25, 0.3) is 0 Å². The monoisotopic (exact) mass is 233 g/mol. The molecule has 6 heteroatoms. The van der Waals surface area contributed by atoms with Gasteiger partial charge in [-0.2, -0.15) is 0 Å². The summed E-state index contributed by atoms with van der Waals surface area (Å²) < 4.78 is 0. The number of hydrogen-bond acceptors (Lipinski definition) is 5. The predicted molar refractivity (Wildman–Crippen MR) is 64.2 cm³/mol. The summed E-state index contributed by atoms with van der Waals surface area (Å²) in [5.41, 5.74) is 8.35. The lowest BCUT2D eigenvalue weighted by Crippen LogP contribution is -2.34. The van der Waals surface area contributed by atoms with Gasteiger partial charge in [-0.15, -0.1) is 0 Å². The normalized spacial score (nSPS) is 17.5. The molecule has 0 aromatic carbocycles. The van der Waals surface area contributed by atoms with Gasteiger partial charge >= 0.3 is 0 Å². The lowest BCUT2D eigenvalue weighted by atomic mass is 10.2. The third kappa shape index (κ3) is 1.75. The minimum absolute atomic E-state index is 0.0673. The van der Waals surface area contributed by atoms with Gasteiger partial charge in [0.2, 0.25) is 0 Å². The number of rotatable bonds is 4. The van der Waals surface area contributed by atoms with E-state index in [1.54, 1.807) is 0 Å². The van der Waals surface area contributed by atoms with Crippen LogP contribution in [0.15, 0.2) is 12.5 Å². The van der Waals surface area contributed by atoms with Crippen LogP contribution in [-0.2, 0) is 6.54 Å². The predicted octanol–water partition coefficient (Wildman–Crippen LogP) is 0.155. The maximum Gasteiger partial charge on any atom is 0.151 e. The van der Waals surface area contributed by atoms with Gasteiger partial charge in [0, 0.05) is 23.8 Å². The van der Waals surface area contributed by atoms with E-state index in [0.29, 0.717) is 12.4 Å². The molecular formula is C11H15N5O. The van der Waals surface area contributed by atoms with E-state index in [0.717, 1.165) is 29.4 Å². The maximum atomic E-state index is 9.23. The molecule has 0 amide bonds. The van der Waals surface area contributed by atoms with Crippen molar-refractivity contribution in [1.29, 1.82) is 0 Å². The quantitative estimate of drug-likeness (QED) is 0.602. The van der Waals surface area contributed by atoms with Crippen LogP contribution in [0.5, 0.6) is 0 Å². The second-order valence-electron chi connectivity index (χ2n) is 4.59. The molecule has 0 radical (unpaired) electrons. The SMILES string of the molecule is Nc1ncnc2c(CNC3(CO)CC3)c[nH]c12. The number of H-pyrrole nitrogens is 1. The molecule has 1 saturated carbocycles. The third-order valence-corrected chi connectivity index (χ3v) is 3.38. The highest BCUT2D eigenvalue weighted by Gasteiger charge is 2.41. The molecule has 2 heterocycles. The Morgan fingerprint density at radius 3 is 3.00 bits per heavy atom. The minimum atomic E-state index is -0.0673. The zero-order valence-electron chi connectivity index (χ0n) is 9.40. The molecule has 17 heavy (non-hydrogen) atoms. The van der Waals surface area contributed by atoms with E-state index < -0.39 is 0 Å². The molecule has 0 spiro atoms. The number of aromatic nitrogens is 3. The Bertz CT molecular complexity index is 546. The van der Waals surface area contributed by atoms with Gasteiger partial charge in [-0.25, -0.2) is 9.97 Å². The van der Waals surface area contributed by atoms with Crippen LogP contribution in [-0.4, -0.2) is 32.2 Å². The molecular weight excluding hydrogens is 218 g/mol. The van der Waals surface area contributed by atoms with Crippen LogP contribution >= 0.6 is 0 Å². The first kappa shape index (κ1) is 10.5. The van der Waals surface area contributed by atoms with Gasteiger partial charge < -0.3 is 21.1 Å². The second kappa shape index (κ2) is 3.68. The topological polar surface area (TPSA) is 99.8 Å². The fourth-order valence-electron chi connectivity index (χ4n) is 1.97. The smallest absolute Gasteiger partial charge is 0.151 e. The Balaban J connectivity index is 1.84. The van der Waals surface area contributed by atoms with Crippen LogP contribution in [0.25, 0.3) is 11.0 Å². The first-order valence-electron chi connectivity index (χ1n) is 5.66. The zero-order valence-corrected chi connectivity index (χ0v) is 9.40. The summed E-state index contributed by atoms with van der Waals surface area (Å²) in [5.74, 6) is 0.463. The molecule has 1 aliphatic rings. The lowest BCUT2D eigenvalue weighted by Gasteiger charge is -2.13. The van der Waals surface area contributed by atoms with E-state index in [9.17, 15) is 5.11 Å². The summed E-state index contributed by atoms with van der Waals surface area (Å²) in [6.07, 6.45) is 5.41. The van der Waals surface area contributed by atoms with Crippen LogP contribution in [0.4, 0.5) is 5.82 Å². The number of aliphatic hydroxyl groups excluding tert-OH is 1. The summed E-state index contributed by atoms with van der Waals surface area (Å²) in [6, 6.07) is 0. The van der Waals surface area contributed by atoms with Gasteiger partial charge in [0.1, 0.15) is 11.8 Å². The molecule has 0 bridgehead atoms. The average molecular weight is 233 g/mol. The van der Waals surface area contributed by atoms with Crippen molar-refractivity contribution in [3.63, 3.8) is 0 Å². The highest BCUT2D eigenvalue weighted by atomic mass is 16.3. The van der Waals surface area contributed by atoms with Crippen molar-refractivity contribution in [3.05, 3.63) is 18.1 Å². The average Bonchev–Trinajstić information content (AvgIpc) is 3.01. The first-order chi connectivity index (χ1) is 8.24. The first-order valence-corrected chi connectivity index (χ1v) is 5.66. The third-order valence-electron chi connectivity index (χ3n) is 3.38. The van der Waals surface area contributed by atoms with Gasteiger partial charge in [-0.3, -0.25) is 0 Å². The van der Waals surface area contributed by atoms with Crippen molar-refractivity contribution in [2.24, 2.45) is 0 Å². The largest absolute Gasteiger partial charge is 0.394 e. The molecule has 3 rings (SSSR count). The van der Waals surface area contributed by atoms with Gasteiger partial charge in [0.05, 0.1) is 12.1 Å². The standard InChI is InChI=1S/C11H15N5O/c12-10-9-8(14-6-15-10)7(3-13-9)4-16-11(5-17)1-2-11/h3,6,13,16-17H,1-2,4-5H2,(H2,12,14,15). The number of anilines is 1. The molecule has 0 saturated heterocycles. The Kier molecular flexibility index (Phi) is 2.27. The molecule has 6 nitrogen and oxygen atoms in total. The van der Waals surface area contributed by atoms with Crippen molar-refractivity contribution in [2.75, 3.05) is 12.3 Å². The Morgan fingerprint density at radius 2 is 2.29 bits per heavy atom. The lowest BCUT2D eigenvalue weighted by molar-refractivity contribution is 0.230. The zero-order chi connectivity index (χ0) is 11.9. The van der Waals surface area contributed by atoms with Crippen molar-refractivity contribution in [1.82, 2.24) is 20.3 Å². The Morgan fingerprint density at radius 1 is 1.47 bits per heavy atom. The van der Waals surface area contributed by atoms with Crippen LogP contribution in [0.3, 0.4) is 0 Å². The molecule has 0 unspecified atom stereocenters. The van der Waals surface area contributed by atoms with Gasteiger partial charge in [-0.05, 0) is 12.8 Å². The Hall–Kier alpha value is -1.66. The van der Waals surface area contributed by atoms with E-state index >= 15 is 0 Å². The fraction of sp³-hybridized carbons (Fsp3) is 0.455. The molecule has 2 aromatic heterocycles. The second-order valence-corrected chi connectivity index (χ2v) is 4.59. The number of nitrogens with one attached hydrogen (secondary N) is 2.